The van der Waals surface area contributed by atoms with Crippen molar-refractivity contribution in [1.29, 1.82) is 0 Å². The van der Waals surface area contributed by atoms with Gasteiger partial charge in [-0.1, -0.05) is 0 Å². The number of nitrogens with one attached hydrogen (secondary N) is 1. The Morgan fingerprint density at radius 1 is 1.53 bits per heavy atom. The molecule has 1 fully saturated rings. The van der Waals surface area contributed by atoms with Crippen molar-refractivity contribution in [2.24, 2.45) is 0 Å². The zero-order chi connectivity index (χ0) is 12.9. The van der Waals surface area contributed by atoms with Crippen LogP contribution in [0.4, 0.5) is 0 Å². The standard InChI is InChI=1S/C8H17N2O5PS/c11-8(12)7-6-10(4-2-9-7)3-1-5-17-16(13,14)15/h7,9H,1-6H2,(H,11,12)(H2,13,14,15). The van der Waals surface area contributed by atoms with Crippen molar-refractivity contribution in [3.63, 3.8) is 0 Å². The lowest BCUT2D eigenvalue weighted by Crippen LogP contribution is -2.54. The van der Waals surface area contributed by atoms with Gasteiger partial charge < -0.3 is 20.2 Å². The number of aliphatic carboxylic acids is 1. The molecule has 0 spiro atoms. The van der Waals surface area contributed by atoms with E-state index in [4.69, 9.17) is 14.9 Å². The Morgan fingerprint density at radius 2 is 2.24 bits per heavy atom. The van der Waals surface area contributed by atoms with E-state index in [1.54, 1.807) is 0 Å². The molecule has 1 atom stereocenters. The lowest BCUT2D eigenvalue weighted by molar-refractivity contribution is -0.140. The maximum atomic E-state index is 10.8. The maximum absolute atomic E-state index is 10.8. The molecule has 7 nitrogen and oxygen atoms in total. The van der Waals surface area contributed by atoms with Crippen molar-refractivity contribution in [2.45, 2.75) is 12.5 Å². The Balaban J connectivity index is 2.19. The summed E-state index contributed by atoms with van der Waals surface area (Å²) in [5, 5.41) is 11.7. The molecule has 0 aromatic carbocycles. The minimum absolute atomic E-state index is 0.381. The molecule has 1 aliphatic heterocycles. The van der Waals surface area contributed by atoms with Gasteiger partial charge in [0.1, 0.15) is 6.04 Å². The van der Waals surface area contributed by atoms with Gasteiger partial charge in [0.25, 0.3) is 0 Å². The van der Waals surface area contributed by atoms with Crippen LogP contribution in [0.25, 0.3) is 0 Å². The van der Waals surface area contributed by atoms with E-state index in [2.05, 4.69) is 5.32 Å². The number of carbonyl (C=O) groups is 1. The molecule has 0 aromatic heterocycles. The summed E-state index contributed by atoms with van der Waals surface area (Å²) in [6.07, 6.45) is 0.641. The molecule has 9 heteroatoms. The van der Waals surface area contributed by atoms with Gasteiger partial charge >= 0.3 is 12.8 Å². The summed E-state index contributed by atoms with van der Waals surface area (Å²) in [7, 11) is 0. The number of carboxylic acid groups (broad SMARTS) is 1. The predicted octanol–water partition coefficient (Wildman–Crippen LogP) is -0.439. The minimum Gasteiger partial charge on any atom is -0.480 e. The van der Waals surface area contributed by atoms with Crippen LogP contribution >= 0.6 is 18.2 Å². The van der Waals surface area contributed by atoms with Gasteiger partial charge in [-0.2, -0.15) is 0 Å². The SMILES string of the molecule is O=C(O)C1CN(CCCSP(=O)(O)O)CCN1. The lowest BCUT2D eigenvalue weighted by Gasteiger charge is -2.31. The topological polar surface area (TPSA) is 110 Å². The first-order valence-corrected chi connectivity index (χ1v) is 8.47. The second kappa shape index (κ2) is 6.72. The van der Waals surface area contributed by atoms with E-state index >= 15 is 0 Å². The highest BCUT2D eigenvalue weighted by atomic mass is 32.7. The van der Waals surface area contributed by atoms with Crippen molar-refractivity contribution in [2.75, 3.05) is 31.9 Å². The van der Waals surface area contributed by atoms with E-state index in [1.165, 1.54) is 0 Å². The van der Waals surface area contributed by atoms with Crippen LogP contribution in [0.15, 0.2) is 0 Å². The van der Waals surface area contributed by atoms with Crippen LogP contribution in [0.1, 0.15) is 6.42 Å². The van der Waals surface area contributed by atoms with Gasteiger partial charge in [0, 0.05) is 25.4 Å². The average molecular weight is 284 g/mol. The molecule has 0 radical (unpaired) electrons. The summed E-state index contributed by atoms with van der Waals surface area (Å²) in [6.45, 7) is -1.47. The summed E-state index contributed by atoms with van der Waals surface area (Å²) in [5.41, 5.74) is 0. The maximum Gasteiger partial charge on any atom is 0.383 e. The Hall–Kier alpha value is -0.110. The molecule has 1 saturated heterocycles. The fourth-order valence-corrected chi connectivity index (χ4v) is 3.25. The summed E-state index contributed by atoms with van der Waals surface area (Å²) in [5.74, 6) is -0.481. The summed E-state index contributed by atoms with van der Waals surface area (Å²) in [6, 6.07) is -0.543. The van der Waals surface area contributed by atoms with Crippen molar-refractivity contribution >= 4 is 24.1 Å². The first-order valence-electron chi connectivity index (χ1n) is 5.27. The largest absolute Gasteiger partial charge is 0.480 e. The van der Waals surface area contributed by atoms with Crippen molar-refractivity contribution < 1.29 is 24.3 Å². The number of nitrogens with zero attached hydrogens (tertiary/aromatic N) is 1. The Labute approximate surface area is 103 Å². The second-order valence-corrected chi connectivity index (χ2v) is 7.67. The molecule has 0 aromatic rings. The minimum atomic E-state index is -3.97. The van der Waals surface area contributed by atoms with Crippen molar-refractivity contribution in [3.05, 3.63) is 0 Å². The molecule has 0 amide bonds. The van der Waals surface area contributed by atoms with Crippen molar-refractivity contribution in [1.82, 2.24) is 10.2 Å². The molecule has 1 heterocycles. The zero-order valence-corrected chi connectivity index (χ0v) is 11.0. The van der Waals surface area contributed by atoms with Crippen LogP contribution in [0.3, 0.4) is 0 Å². The van der Waals surface area contributed by atoms with Gasteiger partial charge in [0.15, 0.2) is 0 Å². The van der Waals surface area contributed by atoms with Crippen LogP contribution in [-0.4, -0.2) is 63.7 Å². The monoisotopic (exact) mass is 284 g/mol. The molecule has 1 unspecified atom stereocenters. The highest BCUT2D eigenvalue weighted by molar-refractivity contribution is 8.54. The first-order chi connectivity index (χ1) is 7.88. The number of hydrogen-bond acceptors (Lipinski definition) is 5. The van der Waals surface area contributed by atoms with Crippen LogP contribution in [0, 0.1) is 0 Å². The average Bonchev–Trinajstić information content (AvgIpc) is 2.23. The summed E-state index contributed by atoms with van der Waals surface area (Å²) >= 11 is 0.637. The van der Waals surface area contributed by atoms with Gasteiger partial charge in [0.05, 0.1) is 0 Å². The van der Waals surface area contributed by atoms with Gasteiger partial charge in [-0.05, 0) is 24.3 Å². The van der Waals surface area contributed by atoms with E-state index in [0.717, 1.165) is 6.54 Å². The van der Waals surface area contributed by atoms with E-state index in [9.17, 15) is 9.36 Å². The van der Waals surface area contributed by atoms with Crippen LogP contribution in [0.5, 0.6) is 0 Å². The normalized spacial score (nSPS) is 22.6. The number of rotatable bonds is 6. The summed E-state index contributed by atoms with van der Waals surface area (Å²) in [4.78, 5) is 30.0. The number of hydrogen-bond donors (Lipinski definition) is 4. The molecule has 1 aliphatic rings. The molecule has 100 valence electrons. The van der Waals surface area contributed by atoms with Gasteiger partial charge in [0.2, 0.25) is 0 Å². The highest BCUT2D eigenvalue weighted by Crippen LogP contribution is 2.50. The first kappa shape index (κ1) is 14.9. The zero-order valence-electron chi connectivity index (χ0n) is 9.28. The van der Waals surface area contributed by atoms with Gasteiger partial charge in [-0.3, -0.25) is 9.69 Å². The number of carboxylic acids is 1. The van der Waals surface area contributed by atoms with Crippen molar-refractivity contribution in [3.8, 4) is 0 Å². The third-order valence-corrected chi connectivity index (χ3v) is 4.80. The molecule has 4 N–H and O–H groups in total. The smallest absolute Gasteiger partial charge is 0.383 e. The highest BCUT2D eigenvalue weighted by Gasteiger charge is 2.24. The molecule has 0 aliphatic carbocycles. The fraction of sp³-hybridized carbons (Fsp3) is 0.875. The van der Waals surface area contributed by atoms with Crippen LogP contribution in [-0.2, 0) is 9.36 Å². The Morgan fingerprint density at radius 3 is 2.82 bits per heavy atom. The van der Waals surface area contributed by atoms with E-state index in [0.29, 0.717) is 43.2 Å². The third kappa shape index (κ3) is 6.40. The molecule has 1 rings (SSSR count). The molecule has 17 heavy (non-hydrogen) atoms. The quantitative estimate of drug-likeness (QED) is 0.384. The fourth-order valence-electron chi connectivity index (χ4n) is 1.65. The Bertz CT molecular complexity index is 310. The van der Waals surface area contributed by atoms with Gasteiger partial charge in [-0.15, -0.1) is 0 Å². The number of piperazine rings is 1. The Kier molecular flexibility index (Phi) is 5.91. The lowest BCUT2D eigenvalue weighted by atomic mass is 10.2. The van der Waals surface area contributed by atoms with E-state index in [1.807, 2.05) is 4.90 Å². The van der Waals surface area contributed by atoms with Crippen LogP contribution in [0.2, 0.25) is 0 Å². The second-order valence-electron chi connectivity index (χ2n) is 3.82. The molecular weight excluding hydrogens is 267 g/mol. The molecule has 0 bridgehead atoms. The van der Waals surface area contributed by atoms with E-state index < -0.39 is 18.8 Å². The third-order valence-electron chi connectivity index (χ3n) is 2.44. The summed E-state index contributed by atoms with van der Waals surface area (Å²) < 4.78 is 10.6. The van der Waals surface area contributed by atoms with Gasteiger partial charge in [-0.25, -0.2) is 4.57 Å². The van der Waals surface area contributed by atoms with Crippen LogP contribution < -0.4 is 5.32 Å². The van der Waals surface area contributed by atoms with E-state index in [-0.39, 0.29) is 0 Å². The molecule has 0 saturated carbocycles. The molecular formula is C8H17N2O5PS. The predicted molar refractivity (Wildman–Crippen MR) is 65.0 cm³/mol.